The van der Waals surface area contributed by atoms with Crippen LogP contribution < -0.4 is 10.9 Å². The number of allylic oxidation sites excluding steroid dienone is 2. The molecular weight excluding hydrogens is 339 g/mol. The fourth-order valence-electron chi connectivity index (χ4n) is 3.03. The van der Waals surface area contributed by atoms with Gasteiger partial charge < -0.3 is 0 Å². The summed E-state index contributed by atoms with van der Waals surface area (Å²) in [5.41, 5.74) is 6.30. The van der Waals surface area contributed by atoms with Crippen LogP contribution in [0.5, 0.6) is 0 Å². The van der Waals surface area contributed by atoms with Crippen LogP contribution in [0.1, 0.15) is 59.3 Å². The van der Waals surface area contributed by atoms with Gasteiger partial charge in [-0.2, -0.15) is 0 Å². The van der Waals surface area contributed by atoms with Gasteiger partial charge in [0.1, 0.15) is 0 Å². The van der Waals surface area contributed by atoms with E-state index in [0.29, 0.717) is 0 Å². The Hall–Kier alpha value is -0.121. The molecule has 0 aromatic carbocycles. The molecule has 0 spiro atoms. The molecule has 3 heteroatoms. The van der Waals surface area contributed by atoms with Gasteiger partial charge in [0.05, 0.1) is 0 Å². The summed E-state index contributed by atoms with van der Waals surface area (Å²) >= 11 is -2.15. The Labute approximate surface area is 124 Å². The van der Waals surface area contributed by atoms with Crippen LogP contribution in [-0.4, -0.2) is 18.4 Å². The zero-order valence-electron chi connectivity index (χ0n) is 13.1. The van der Waals surface area contributed by atoms with Gasteiger partial charge in [-0.15, -0.1) is 0 Å². The van der Waals surface area contributed by atoms with Crippen LogP contribution in [-0.2, 0) is 0 Å². The summed E-state index contributed by atoms with van der Waals surface area (Å²) < 4.78 is 6.35. The van der Waals surface area contributed by atoms with Crippen molar-refractivity contribution in [1.29, 1.82) is 0 Å². The average Bonchev–Trinajstić information content (AvgIpc) is 2.48. The number of hydrogen-bond acceptors (Lipinski definition) is 2. The zero-order valence-corrected chi connectivity index (χ0v) is 16.0. The molecule has 0 aromatic rings. The van der Waals surface area contributed by atoms with Crippen LogP contribution in [0.25, 0.3) is 0 Å². The van der Waals surface area contributed by atoms with Gasteiger partial charge in [-0.05, 0) is 0 Å². The fourth-order valence-corrected chi connectivity index (χ4v) is 18.8. The number of nitrogens with one attached hydrogen (secondary N) is 2. The van der Waals surface area contributed by atoms with Crippen molar-refractivity contribution in [3.8, 4) is 0 Å². The normalized spacial score (nSPS) is 14.8. The van der Waals surface area contributed by atoms with Gasteiger partial charge in [0.25, 0.3) is 0 Å². The second-order valence-electron chi connectivity index (χ2n) is 5.81. The maximum absolute atomic E-state index is 3.22. The van der Waals surface area contributed by atoms with Gasteiger partial charge in [-0.3, -0.25) is 0 Å². The van der Waals surface area contributed by atoms with Gasteiger partial charge in [-0.25, -0.2) is 0 Å². The molecule has 0 atom stereocenters. The number of hydrogen-bond donors (Lipinski definition) is 2. The Bertz CT molecular complexity index is 275. The van der Waals surface area contributed by atoms with Crippen LogP contribution in [0.4, 0.5) is 0 Å². The predicted octanol–water partition coefficient (Wildman–Crippen LogP) is 4.88. The summed E-state index contributed by atoms with van der Waals surface area (Å²) in [5.74, 6) is 0. The molecule has 1 aliphatic heterocycles. The van der Waals surface area contributed by atoms with Crippen molar-refractivity contribution in [3.05, 3.63) is 22.1 Å². The third-order valence-electron chi connectivity index (χ3n) is 4.30. The first kappa shape index (κ1) is 16.9. The fraction of sp³-hybridized carbons (Fsp3) is 0.750. The Morgan fingerprint density at radius 3 is 1.74 bits per heavy atom. The van der Waals surface area contributed by atoms with E-state index < -0.39 is 18.4 Å². The van der Waals surface area contributed by atoms with E-state index in [1.54, 1.807) is 16.9 Å². The molecule has 1 aliphatic rings. The Morgan fingerprint density at radius 2 is 1.37 bits per heavy atom. The van der Waals surface area contributed by atoms with Crippen molar-refractivity contribution < 1.29 is 0 Å². The van der Waals surface area contributed by atoms with Crippen LogP contribution in [0.2, 0.25) is 13.3 Å². The summed E-state index contributed by atoms with van der Waals surface area (Å²) in [6.45, 7) is 7.00. The molecule has 0 saturated heterocycles. The standard InChI is InChI=1S/C4H5N2.3C4H9.Sn/c1-2-4-6-5-3-1;3*1-3-4-2;/h1,3-6H;3*1,3-4H2,2H3;. The summed E-state index contributed by atoms with van der Waals surface area (Å²) in [4.78, 5) is 0. The van der Waals surface area contributed by atoms with E-state index in [1.807, 2.05) is 0 Å². The monoisotopic (exact) mass is 372 g/mol. The van der Waals surface area contributed by atoms with Gasteiger partial charge in [0.15, 0.2) is 0 Å². The minimum atomic E-state index is -2.15. The summed E-state index contributed by atoms with van der Waals surface area (Å²) in [6.07, 6.45) is 15.1. The first-order valence-corrected chi connectivity index (χ1v) is 15.7. The van der Waals surface area contributed by atoms with E-state index >= 15 is 0 Å². The molecule has 0 saturated carbocycles. The quantitative estimate of drug-likeness (QED) is 0.535. The molecule has 0 radical (unpaired) electrons. The van der Waals surface area contributed by atoms with Crippen LogP contribution in [0.3, 0.4) is 0 Å². The number of hydrazine groups is 1. The van der Waals surface area contributed by atoms with Crippen molar-refractivity contribution in [2.45, 2.75) is 72.6 Å². The van der Waals surface area contributed by atoms with E-state index in [4.69, 9.17) is 0 Å². The van der Waals surface area contributed by atoms with E-state index in [0.717, 1.165) is 0 Å². The van der Waals surface area contributed by atoms with Crippen molar-refractivity contribution >= 4 is 18.4 Å². The second kappa shape index (κ2) is 9.73. The Balaban J connectivity index is 2.86. The van der Waals surface area contributed by atoms with Gasteiger partial charge in [0.2, 0.25) is 0 Å². The molecule has 110 valence electrons. The first-order chi connectivity index (χ1) is 9.29. The molecule has 19 heavy (non-hydrogen) atoms. The topological polar surface area (TPSA) is 24.1 Å². The van der Waals surface area contributed by atoms with Crippen LogP contribution >= 0.6 is 0 Å². The van der Waals surface area contributed by atoms with Crippen molar-refractivity contribution in [2.75, 3.05) is 0 Å². The molecule has 0 fully saturated rings. The van der Waals surface area contributed by atoms with E-state index in [-0.39, 0.29) is 0 Å². The third kappa shape index (κ3) is 5.41. The van der Waals surface area contributed by atoms with Crippen molar-refractivity contribution in [2.24, 2.45) is 0 Å². The molecular formula is C16H32N2Sn. The van der Waals surface area contributed by atoms with Gasteiger partial charge in [-0.1, -0.05) is 0 Å². The van der Waals surface area contributed by atoms with Gasteiger partial charge in [0, 0.05) is 0 Å². The molecule has 0 unspecified atom stereocenters. The molecule has 0 aromatic heterocycles. The molecule has 0 aliphatic carbocycles. The minimum absolute atomic E-state index is 1.35. The predicted molar refractivity (Wildman–Crippen MR) is 88.4 cm³/mol. The molecule has 1 heterocycles. The number of rotatable bonds is 10. The Morgan fingerprint density at radius 1 is 0.842 bits per heavy atom. The third-order valence-corrected chi connectivity index (χ3v) is 19.9. The molecule has 1 rings (SSSR count). The maximum atomic E-state index is 3.22. The van der Waals surface area contributed by atoms with Crippen LogP contribution in [0.15, 0.2) is 22.1 Å². The number of unbranched alkanes of at least 4 members (excludes halogenated alkanes) is 3. The van der Waals surface area contributed by atoms with Crippen molar-refractivity contribution in [3.63, 3.8) is 0 Å². The van der Waals surface area contributed by atoms with Crippen LogP contribution in [0, 0.1) is 0 Å². The molecule has 2 N–H and O–H groups in total. The molecule has 0 bridgehead atoms. The van der Waals surface area contributed by atoms with E-state index in [9.17, 15) is 0 Å². The zero-order chi connectivity index (χ0) is 14.0. The second-order valence-corrected chi connectivity index (χ2v) is 19.1. The summed E-state index contributed by atoms with van der Waals surface area (Å²) in [6, 6.07) is 0. The Kier molecular flexibility index (Phi) is 8.67. The van der Waals surface area contributed by atoms with E-state index in [1.165, 1.54) is 38.5 Å². The van der Waals surface area contributed by atoms with Gasteiger partial charge >= 0.3 is 124 Å². The first-order valence-electron chi connectivity index (χ1n) is 8.17. The molecule has 2 nitrogen and oxygen atoms in total. The van der Waals surface area contributed by atoms with E-state index in [2.05, 4.69) is 50.1 Å². The molecule has 0 amide bonds. The summed E-state index contributed by atoms with van der Waals surface area (Å²) in [7, 11) is 0. The summed E-state index contributed by atoms with van der Waals surface area (Å²) in [5, 5.41) is 0. The SMILES string of the molecule is CCC[CH2][Sn]([CH2]CCC)([CH2]CCC)[C]1=CNNC=C1. The average molecular weight is 371 g/mol. The van der Waals surface area contributed by atoms with Crippen molar-refractivity contribution in [1.82, 2.24) is 10.9 Å².